The lowest BCUT2D eigenvalue weighted by Crippen LogP contribution is -2.51. The van der Waals surface area contributed by atoms with Crippen LogP contribution in [0, 0.1) is 6.92 Å². The Morgan fingerprint density at radius 2 is 1.97 bits per heavy atom. The number of rotatable bonds is 2. The third kappa shape index (κ3) is 2.73. The quantitative estimate of drug-likeness (QED) is 0.666. The van der Waals surface area contributed by atoms with Crippen molar-refractivity contribution >= 4 is 39.0 Å². The molecule has 1 amide bonds. The second-order valence-corrected chi connectivity index (χ2v) is 8.45. The van der Waals surface area contributed by atoms with Crippen LogP contribution in [0.5, 0.6) is 0 Å². The smallest absolute Gasteiger partial charge is 0.276 e. The molecular weight excluding hydrogens is 400 g/mol. The van der Waals surface area contributed by atoms with Gasteiger partial charge in [-0.15, -0.1) is 11.3 Å². The Balaban J connectivity index is 1.63. The van der Waals surface area contributed by atoms with Crippen LogP contribution in [-0.2, 0) is 5.66 Å². The monoisotopic (exact) mass is 417 g/mol. The molecule has 4 heterocycles. The largest absolute Gasteiger partial charge is 0.335 e. The molecule has 1 aliphatic heterocycles. The number of aromatic nitrogens is 3. The third-order valence-corrected chi connectivity index (χ3v) is 6.53. The van der Waals surface area contributed by atoms with E-state index in [9.17, 15) is 18.4 Å². The Morgan fingerprint density at radius 3 is 2.72 bits per heavy atom. The number of hydrogen-bond donors (Lipinski definition) is 2. The number of halogens is 2. The average molecular weight is 417 g/mol. The van der Waals surface area contributed by atoms with Gasteiger partial charge < -0.3 is 10.6 Å². The Morgan fingerprint density at radius 1 is 1.21 bits per heavy atom. The van der Waals surface area contributed by atoms with E-state index in [1.54, 1.807) is 13.0 Å². The van der Waals surface area contributed by atoms with Gasteiger partial charge in [0, 0.05) is 12.8 Å². The van der Waals surface area contributed by atoms with Crippen molar-refractivity contribution in [3.05, 3.63) is 45.5 Å². The van der Waals surface area contributed by atoms with Crippen LogP contribution >= 0.6 is 11.3 Å². The number of amides is 1. The summed E-state index contributed by atoms with van der Waals surface area (Å²) in [5.41, 5.74) is -0.484. The molecule has 150 valence electrons. The Labute approximate surface area is 167 Å². The number of anilines is 2. The molecule has 5 rings (SSSR count). The first-order valence-electron chi connectivity index (χ1n) is 9.22. The van der Waals surface area contributed by atoms with Crippen LogP contribution < -0.4 is 16.2 Å². The summed E-state index contributed by atoms with van der Waals surface area (Å²) in [5, 5.41) is 8.53. The molecule has 29 heavy (non-hydrogen) atoms. The average Bonchev–Trinajstić information content (AvgIpc) is 3.26. The maximum atomic E-state index is 13.8. The topological polar surface area (TPSA) is 88.9 Å². The summed E-state index contributed by atoms with van der Waals surface area (Å²) in [4.78, 5) is 35.1. The van der Waals surface area contributed by atoms with Gasteiger partial charge in [0.15, 0.2) is 0 Å². The molecule has 0 aromatic carbocycles. The Bertz CT molecular complexity index is 1210. The number of hydrogen-bond acceptors (Lipinski definition) is 6. The number of alkyl halides is 2. The summed E-state index contributed by atoms with van der Waals surface area (Å²) in [6.07, 6.45) is 0.664. The van der Waals surface area contributed by atoms with E-state index >= 15 is 0 Å². The first-order valence-corrected chi connectivity index (χ1v) is 10.1. The van der Waals surface area contributed by atoms with Gasteiger partial charge in [0.25, 0.3) is 11.5 Å². The summed E-state index contributed by atoms with van der Waals surface area (Å²) < 4.78 is 28.9. The molecule has 0 bridgehead atoms. The highest BCUT2D eigenvalue weighted by Gasteiger charge is 2.50. The van der Waals surface area contributed by atoms with Crippen molar-refractivity contribution in [1.29, 1.82) is 0 Å². The van der Waals surface area contributed by atoms with Crippen LogP contribution in [-0.4, -0.2) is 26.4 Å². The lowest BCUT2D eigenvalue weighted by Gasteiger charge is -2.38. The minimum atomic E-state index is -2.78. The second kappa shape index (κ2) is 6.06. The van der Waals surface area contributed by atoms with Gasteiger partial charge in [0.2, 0.25) is 5.92 Å². The molecular formula is C19H17F2N5O2S. The van der Waals surface area contributed by atoms with Crippen molar-refractivity contribution in [2.24, 2.45) is 0 Å². The molecule has 1 spiro atoms. The van der Waals surface area contributed by atoms with E-state index in [1.165, 1.54) is 22.2 Å². The van der Waals surface area contributed by atoms with Gasteiger partial charge in [-0.25, -0.2) is 18.7 Å². The first-order chi connectivity index (χ1) is 13.8. The van der Waals surface area contributed by atoms with E-state index in [4.69, 9.17) is 0 Å². The van der Waals surface area contributed by atoms with Crippen molar-refractivity contribution in [2.75, 3.05) is 5.32 Å². The fraction of sp³-hybridized carbons (Fsp3) is 0.368. The van der Waals surface area contributed by atoms with Crippen LogP contribution in [0.4, 0.5) is 20.3 Å². The lowest BCUT2D eigenvalue weighted by atomic mass is 9.86. The van der Waals surface area contributed by atoms with Crippen molar-refractivity contribution in [3.8, 4) is 0 Å². The van der Waals surface area contributed by atoms with Gasteiger partial charge in [0.1, 0.15) is 34.0 Å². The molecule has 1 aliphatic carbocycles. The molecule has 0 saturated heterocycles. The minimum Gasteiger partial charge on any atom is -0.335 e. The van der Waals surface area contributed by atoms with Crippen molar-refractivity contribution < 1.29 is 13.6 Å². The molecule has 2 aliphatic rings. The number of thiophene rings is 1. The zero-order chi connectivity index (χ0) is 20.4. The standard InChI is InChI=1S/C19H17F2N5O2S/c1-10-8-12(24-14-11-2-7-29-16(11)23-9-22-14)17(28)26-13(10)15(27)25-19(26)5-3-18(20,21)4-6-19/h2,7-9H,3-6H2,1H3,(H,25,27)(H,22,23,24). The number of aryl methyl sites for hydroxylation is 1. The fourth-order valence-corrected chi connectivity index (χ4v) is 4.98. The number of carbonyl (C=O) groups excluding carboxylic acids is 1. The van der Waals surface area contributed by atoms with E-state index < -0.39 is 23.1 Å². The van der Waals surface area contributed by atoms with Gasteiger partial charge >= 0.3 is 0 Å². The molecule has 0 unspecified atom stereocenters. The molecule has 0 radical (unpaired) electrons. The van der Waals surface area contributed by atoms with Crippen LogP contribution in [0.3, 0.4) is 0 Å². The summed E-state index contributed by atoms with van der Waals surface area (Å²) in [7, 11) is 0. The number of nitrogens with one attached hydrogen (secondary N) is 2. The van der Waals surface area contributed by atoms with E-state index in [1.807, 2.05) is 11.4 Å². The van der Waals surface area contributed by atoms with E-state index in [0.29, 0.717) is 11.4 Å². The van der Waals surface area contributed by atoms with Crippen LogP contribution in [0.1, 0.15) is 41.7 Å². The first kappa shape index (κ1) is 18.2. The van der Waals surface area contributed by atoms with Crippen molar-refractivity contribution in [1.82, 2.24) is 19.9 Å². The number of fused-ring (bicyclic) bond motifs is 3. The third-order valence-electron chi connectivity index (χ3n) is 5.70. The fourth-order valence-electron chi connectivity index (χ4n) is 4.25. The van der Waals surface area contributed by atoms with E-state index in [2.05, 4.69) is 20.6 Å². The summed E-state index contributed by atoms with van der Waals surface area (Å²) in [6, 6.07) is 3.46. The van der Waals surface area contributed by atoms with E-state index in [0.717, 1.165) is 10.2 Å². The summed E-state index contributed by atoms with van der Waals surface area (Å²) in [5.74, 6) is -2.70. The molecule has 1 fully saturated rings. The zero-order valence-electron chi connectivity index (χ0n) is 15.5. The molecule has 3 aromatic heterocycles. The predicted molar refractivity (Wildman–Crippen MR) is 105 cm³/mol. The van der Waals surface area contributed by atoms with Gasteiger partial charge in [-0.2, -0.15) is 0 Å². The molecule has 2 N–H and O–H groups in total. The summed E-state index contributed by atoms with van der Waals surface area (Å²) >= 11 is 1.46. The van der Waals surface area contributed by atoms with Crippen LogP contribution in [0.2, 0.25) is 0 Å². The van der Waals surface area contributed by atoms with Crippen molar-refractivity contribution in [3.63, 3.8) is 0 Å². The van der Waals surface area contributed by atoms with Crippen LogP contribution in [0.15, 0.2) is 28.6 Å². The number of carbonyl (C=O) groups is 1. The predicted octanol–water partition coefficient (Wildman–Crippen LogP) is 3.51. The number of pyridine rings is 1. The zero-order valence-corrected chi connectivity index (χ0v) is 16.3. The van der Waals surface area contributed by atoms with E-state index in [-0.39, 0.29) is 37.1 Å². The highest BCUT2D eigenvalue weighted by molar-refractivity contribution is 7.16. The number of nitrogens with zero attached hydrogens (tertiary/aromatic N) is 3. The van der Waals surface area contributed by atoms with Crippen LogP contribution in [0.25, 0.3) is 10.2 Å². The van der Waals surface area contributed by atoms with Gasteiger partial charge in [0.05, 0.1) is 5.39 Å². The highest BCUT2D eigenvalue weighted by Crippen LogP contribution is 2.43. The molecule has 3 aromatic rings. The maximum absolute atomic E-state index is 13.8. The highest BCUT2D eigenvalue weighted by atomic mass is 32.1. The van der Waals surface area contributed by atoms with Gasteiger partial charge in [-0.3, -0.25) is 14.2 Å². The normalized spacial score (nSPS) is 19.3. The van der Waals surface area contributed by atoms with Crippen molar-refractivity contribution in [2.45, 2.75) is 44.2 Å². The molecule has 7 nitrogen and oxygen atoms in total. The Kier molecular flexibility index (Phi) is 3.79. The molecule has 10 heteroatoms. The summed E-state index contributed by atoms with van der Waals surface area (Å²) in [6.45, 7) is 1.73. The maximum Gasteiger partial charge on any atom is 0.276 e. The molecule has 0 atom stereocenters. The SMILES string of the molecule is Cc1cc(Nc2ncnc3sccc23)c(=O)n2c1C(=O)NC21CCC(F)(F)CC1. The Hall–Kier alpha value is -2.88. The van der Waals surface area contributed by atoms with Gasteiger partial charge in [-0.05, 0) is 42.8 Å². The lowest BCUT2D eigenvalue weighted by molar-refractivity contribution is -0.0667. The minimum absolute atomic E-state index is 0.00379. The molecule has 1 saturated carbocycles. The second-order valence-electron chi connectivity index (χ2n) is 7.56. The van der Waals surface area contributed by atoms with Gasteiger partial charge in [-0.1, -0.05) is 0 Å².